The zero-order chi connectivity index (χ0) is 15.1. The molecule has 3 rings (SSSR count). The Labute approximate surface area is 126 Å². The number of rotatable bonds is 2. The van der Waals surface area contributed by atoms with Gasteiger partial charge in [-0.05, 0) is 36.8 Å². The fourth-order valence-electron chi connectivity index (χ4n) is 2.43. The first-order valence-corrected chi connectivity index (χ1v) is 6.86. The van der Waals surface area contributed by atoms with Gasteiger partial charge in [0.25, 0.3) is 0 Å². The van der Waals surface area contributed by atoms with Crippen molar-refractivity contribution in [1.82, 2.24) is 0 Å². The second-order valence-electron chi connectivity index (χ2n) is 5.13. The van der Waals surface area contributed by atoms with Crippen LogP contribution in [0.4, 0.5) is 11.4 Å². The minimum atomic E-state index is -0.233. The van der Waals surface area contributed by atoms with Crippen LogP contribution in [0.15, 0.2) is 30.3 Å². The summed E-state index contributed by atoms with van der Waals surface area (Å²) in [5, 5.41) is 3.01. The molecular formula is C16H13ClN2O2. The lowest BCUT2D eigenvalue weighted by molar-refractivity contribution is -0.115. The summed E-state index contributed by atoms with van der Waals surface area (Å²) in [5.74, 6) is -0.330. The second kappa shape index (κ2) is 4.90. The lowest BCUT2D eigenvalue weighted by atomic mass is 9.97. The van der Waals surface area contributed by atoms with E-state index in [4.69, 9.17) is 17.3 Å². The van der Waals surface area contributed by atoms with Crippen molar-refractivity contribution in [3.63, 3.8) is 0 Å². The number of nitrogens with one attached hydrogen (secondary N) is 1. The third-order valence-electron chi connectivity index (χ3n) is 3.52. The second-order valence-corrected chi connectivity index (χ2v) is 5.54. The minimum Gasteiger partial charge on any atom is -0.398 e. The van der Waals surface area contributed by atoms with Crippen LogP contribution in [0.3, 0.4) is 0 Å². The number of benzene rings is 2. The van der Waals surface area contributed by atoms with Gasteiger partial charge in [0.2, 0.25) is 5.91 Å². The molecule has 1 aliphatic rings. The van der Waals surface area contributed by atoms with Crippen molar-refractivity contribution in [3.05, 3.63) is 57.6 Å². The Morgan fingerprint density at radius 3 is 2.76 bits per heavy atom. The molecule has 3 N–H and O–H groups in total. The molecule has 0 spiro atoms. The monoisotopic (exact) mass is 300 g/mol. The zero-order valence-electron chi connectivity index (χ0n) is 11.4. The normalized spacial score (nSPS) is 13.0. The number of anilines is 2. The van der Waals surface area contributed by atoms with Gasteiger partial charge in [0.1, 0.15) is 0 Å². The Morgan fingerprint density at radius 2 is 2.00 bits per heavy atom. The number of carbonyl (C=O) groups is 2. The van der Waals surface area contributed by atoms with Gasteiger partial charge in [-0.1, -0.05) is 23.2 Å². The van der Waals surface area contributed by atoms with E-state index in [1.54, 1.807) is 24.3 Å². The molecule has 1 heterocycles. The fourth-order valence-corrected chi connectivity index (χ4v) is 2.68. The molecule has 1 aliphatic heterocycles. The molecule has 0 atom stereocenters. The third-order valence-corrected chi connectivity index (χ3v) is 3.83. The molecule has 2 aromatic rings. The molecule has 0 unspecified atom stereocenters. The van der Waals surface area contributed by atoms with E-state index >= 15 is 0 Å². The average Bonchev–Trinajstić information content (AvgIpc) is 2.79. The first-order valence-electron chi connectivity index (χ1n) is 6.49. The predicted molar refractivity (Wildman–Crippen MR) is 82.8 cm³/mol. The summed E-state index contributed by atoms with van der Waals surface area (Å²) in [6.07, 6.45) is 0.260. The van der Waals surface area contributed by atoms with Gasteiger partial charge < -0.3 is 11.1 Å². The Morgan fingerprint density at radius 1 is 1.24 bits per heavy atom. The van der Waals surface area contributed by atoms with Crippen molar-refractivity contribution >= 4 is 34.7 Å². The van der Waals surface area contributed by atoms with Crippen LogP contribution in [-0.4, -0.2) is 11.7 Å². The summed E-state index contributed by atoms with van der Waals surface area (Å²) in [5.41, 5.74) is 9.47. The highest BCUT2D eigenvalue weighted by Crippen LogP contribution is 2.31. The summed E-state index contributed by atoms with van der Waals surface area (Å²) in [4.78, 5) is 24.1. The largest absolute Gasteiger partial charge is 0.398 e. The van der Waals surface area contributed by atoms with Gasteiger partial charge >= 0.3 is 0 Å². The van der Waals surface area contributed by atoms with Crippen molar-refractivity contribution in [2.24, 2.45) is 0 Å². The van der Waals surface area contributed by atoms with E-state index in [2.05, 4.69) is 5.32 Å². The van der Waals surface area contributed by atoms with Crippen LogP contribution in [0.1, 0.15) is 27.0 Å². The van der Waals surface area contributed by atoms with E-state index in [0.717, 1.165) is 11.1 Å². The summed E-state index contributed by atoms with van der Waals surface area (Å²) >= 11 is 6.18. The highest BCUT2D eigenvalue weighted by Gasteiger charge is 2.23. The molecule has 0 saturated carbocycles. The van der Waals surface area contributed by atoms with Crippen molar-refractivity contribution in [3.8, 4) is 0 Å². The average molecular weight is 301 g/mol. The van der Waals surface area contributed by atoms with E-state index in [1.165, 1.54) is 0 Å². The van der Waals surface area contributed by atoms with E-state index < -0.39 is 0 Å². The Kier molecular flexibility index (Phi) is 3.18. The first-order chi connectivity index (χ1) is 9.95. The van der Waals surface area contributed by atoms with Crippen LogP contribution in [0.2, 0.25) is 5.02 Å². The SMILES string of the molecule is Cc1ccc(N)c(C(=O)c2cc3c(cc2Cl)NC(=O)C3)c1. The number of hydrogen-bond donors (Lipinski definition) is 2. The number of carbonyl (C=O) groups excluding carboxylic acids is 2. The predicted octanol–water partition coefficient (Wildman–Crippen LogP) is 2.96. The lowest BCUT2D eigenvalue weighted by Gasteiger charge is -2.09. The minimum absolute atomic E-state index is 0.0965. The molecule has 0 fully saturated rings. The van der Waals surface area contributed by atoms with E-state index in [-0.39, 0.29) is 18.1 Å². The standard InChI is InChI=1S/C16H13ClN2O2/c1-8-2-3-13(18)11(4-8)16(21)10-5-9-6-15(20)19-14(9)7-12(10)17/h2-5,7H,6,18H2,1H3,(H,19,20). The number of halogens is 1. The summed E-state index contributed by atoms with van der Waals surface area (Å²) in [7, 11) is 0. The van der Waals surface area contributed by atoms with Crippen molar-refractivity contribution in [2.75, 3.05) is 11.1 Å². The van der Waals surface area contributed by atoms with Crippen molar-refractivity contribution in [1.29, 1.82) is 0 Å². The van der Waals surface area contributed by atoms with Crippen LogP contribution >= 0.6 is 11.6 Å². The van der Waals surface area contributed by atoms with Gasteiger partial charge in [-0.25, -0.2) is 0 Å². The summed E-state index contributed by atoms with van der Waals surface area (Å²) in [6, 6.07) is 8.57. The molecule has 0 aromatic heterocycles. The molecule has 1 amide bonds. The number of nitrogen functional groups attached to an aromatic ring is 1. The molecular weight excluding hydrogens is 288 g/mol. The maximum absolute atomic E-state index is 12.7. The van der Waals surface area contributed by atoms with Crippen molar-refractivity contribution < 1.29 is 9.59 Å². The molecule has 0 radical (unpaired) electrons. The Hall–Kier alpha value is -2.33. The maximum Gasteiger partial charge on any atom is 0.228 e. The number of nitrogens with two attached hydrogens (primary N) is 1. The fraction of sp³-hybridized carbons (Fsp3) is 0.125. The van der Waals surface area contributed by atoms with E-state index in [0.29, 0.717) is 27.5 Å². The van der Waals surface area contributed by atoms with E-state index in [1.807, 2.05) is 13.0 Å². The highest BCUT2D eigenvalue weighted by molar-refractivity contribution is 6.35. The third kappa shape index (κ3) is 2.38. The molecule has 106 valence electrons. The van der Waals surface area contributed by atoms with Gasteiger partial charge in [-0.3, -0.25) is 9.59 Å². The van der Waals surface area contributed by atoms with Gasteiger partial charge in [0.05, 0.1) is 11.4 Å². The van der Waals surface area contributed by atoms with E-state index in [9.17, 15) is 9.59 Å². The molecule has 0 bridgehead atoms. The van der Waals surface area contributed by atoms with Gasteiger partial charge in [-0.15, -0.1) is 0 Å². The van der Waals surface area contributed by atoms with Crippen LogP contribution in [-0.2, 0) is 11.2 Å². The molecule has 0 saturated heterocycles. The van der Waals surface area contributed by atoms with Crippen LogP contribution in [0.5, 0.6) is 0 Å². The maximum atomic E-state index is 12.7. The molecule has 5 heteroatoms. The summed E-state index contributed by atoms with van der Waals surface area (Å²) < 4.78 is 0. The van der Waals surface area contributed by atoms with Gasteiger partial charge in [0.15, 0.2) is 5.78 Å². The smallest absolute Gasteiger partial charge is 0.228 e. The molecule has 21 heavy (non-hydrogen) atoms. The molecule has 0 aliphatic carbocycles. The number of fused-ring (bicyclic) bond motifs is 1. The van der Waals surface area contributed by atoms with Crippen LogP contribution in [0.25, 0.3) is 0 Å². The number of ketones is 1. The number of aryl methyl sites for hydroxylation is 1. The van der Waals surface area contributed by atoms with Gasteiger partial charge in [0, 0.05) is 22.5 Å². The molecule has 2 aromatic carbocycles. The van der Waals surface area contributed by atoms with Crippen LogP contribution < -0.4 is 11.1 Å². The zero-order valence-corrected chi connectivity index (χ0v) is 12.1. The quantitative estimate of drug-likeness (QED) is 0.661. The first kappa shape index (κ1) is 13.6. The Balaban J connectivity index is 2.09. The topological polar surface area (TPSA) is 72.2 Å². The van der Waals surface area contributed by atoms with Gasteiger partial charge in [-0.2, -0.15) is 0 Å². The lowest BCUT2D eigenvalue weighted by Crippen LogP contribution is -2.07. The number of amides is 1. The Bertz CT molecular complexity index is 784. The summed E-state index contributed by atoms with van der Waals surface area (Å²) in [6.45, 7) is 1.89. The molecule has 4 nitrogen and oxygen atoms in total. The van der Waals surface area contributed by atoms with Crippen molar-refractivity contribution in [2.45, 2.75) is 13.3 Å². The van der Waals surface area contributed by atoms with Crippen LogP contribution in [0, 0.1) is 6.92 Å². The highest BCUT2D eigenvalue weighted by atomic mass is 35.5. The number of hydrogen-bond acceptors (Lipinski definition) is 3.